The number of rotatable bonds is 6. The van der Waals surface area contributed by atoms with Crippen LogP contribution >= 0.6 is 0 Å². The molecule has 1 fully saturated rings. The Hall–Kier alpha value is -1.10. The lowest BCUT2D eigenvalue weighted by molar-refractivity contribution is -0.193. The predicted octanol–water partition coefficient (Wildman–Crippen LogP) is 1.07. The van der Waals surface area contributed by atoms with Gasteiger partial charge in [-0.25, -0.2) is 0 Å². The Morgan fingerprint density at radius 3 is 2.39 bits per heavy atom. The van der Waals surface area contributed by atoms with Crippen molar-refractivity contribution in [1.82, 2.24) is 4.90 Å². The summed E-state index contributed by atoms with van der Waals surface area (Å²) in [6.07, 6.45) is 2.01. The summed E-state index contributed by atoms with van der Waals surface area (Å²) in [5.74, 6) is -0.0612. The molecule has 1 heterocycles. The molecule has 0 atom stereocenters. The lowest BCUT2D eigenvalue weighted by Crippen LogP contribution is -2.59. The van der Waals surface area contributed by atoms with E-state index in [9.17, 15) is 9.59 Å². The van der Waals surface area contributed by atoms with Gasteiger partial charge in [-0.15, -0.1) is 0 Å². The van der Waals surface area contributed by atoms with E-state index < -0.39 is 11.4 Å². The van der Waals surface area contributed by atoms with Gasteiger partial charge in [0.25, 0.3) is 0 Å². The van der Waals surface area contributed by atoms with Gasteiger partial charge in [-0.05, 0) is 18.8 Å². The number of hydrogen-bond acceptors (Lipinski definition) is 4. The molecule has 0 aliphatic carbocycles. The van der Waals surface area contributed by atoms with Crippen LogP contribution in [-0.2, 0) is 19.1 Å². The zero-order valence-electron chi connectivity index (χ0n) is 11.7. The van der Waals surface area contributed by atoms with Crippen LogP contribution in [0.15, 0.2) is 0 Å². The fourth-order valence-electron chi connectivity index (χ4n) is 2.03. The van der Waals surface area contributed by atoms with Crippen molar-refractivity contribution in [2.24, 2.45) is 11.3 Å². The molecule has 0 bridgehead atoms. The monoisotopic (exact) mass is 257 g/mol. The van der Waals surface area contributed by atoms with E-state index in [0.717, 1.165) is 12.8 Å². The van der Waals surface area contributed by atoms with E-state index in [-0.39, 0.29) is 19.1 Å². The third-order valence-corrected chi connectivity index (χ3v) is 3.30. The molecule has 0 unspecified atom stereocenters. The SMILES string of the molecule is COC(=O)C1(C(=O)N(C)CCCC(C)C)COC1. The van der Waals surface area contributed by atoms with Crippen molar-refractivity contribution in [3.8, 4) is 0 Å². The average molecular weight is 257 g/mol. The first-order valence-corrected chi connectivity index (χ1v) is 6.36. The van der Waals surface area contributed by atoms with Crippen LogP contribution in [0.3, 0.4) is 0 Å². The Bertz CT molecular complexity index is 310. The van der Waals surface area contributed by atoms with Gasteiger partial charge in [0, 0.05) is 13.6 Å². The summed E-state index contributed by atoms with van der Waals surface area (Å²) in [6.45, 7) is 5.23. The molecule has 0 aromatic rings. The van der Waals surface area contributed by atoms with Crippen molar-refractivity contribution in [3.05, 3.63) is 0 Å². The van der Waals surface area contributed by atoms with Gasteiger partial charge in [0.1, 0.15) is 0 Å². The Morgan fingerprint density at radius 1 is 1.39 bits per heavy atom. The first-order valence-electron chi connectivity index (χ1n) is 6.36. The normalized spacial score (nSPS) is 17.2. The van der Waals surface area contributed by atoms with Gasteiger partial charge in [-0.2, -0.15) is 0 Å². The number of carbonyl (C=O) groups excluding carboxylic acids is 2. The average Bonchev–Trinajstić information content (AvgIpc) is 2.26. The summed E-state index contributed by atoms with van der Waals surface area (Å²) < 4.78 is 9.73. The number of hydrogen-bond donors (Lipinski definition) is 0. The lowest BCUT2D eigenvalue weighted by atomic mass is 9.84. The van der Waals surface area contributed by atoms with Crippen LogP contribution in [0.5, 0.6) is 0 Å². The third kappa shape index (κ3) is 3.02. The van der Waals surface area contributed by atoms with Crippen LogP contribution in [0.2, 0.25) is 0 Å². The van der Waals surface area contributed by atoms with Crippen LogP contribution in [0.4, 0.5) is 0 Å². The Balaban J connectivity index is 2.54. The van der Waals surface area contributed by atoms with Gasteiger partial charge in [0.15, 0.2) is 5.41 Å². The second-order valence-electron chi connectivity index (χ2n) is 5.33. The van der Waals surface area contributed by atoms with Crippen molar-refractivity contribution in [3.63, 3.8) is 0 Å². The lowest BCUT2D eigenvalue weighted by Gasteiger charge is -2.39. The van der Waals surface area contributed by atoms with Crippen LogP contribution in [0.25, 0.3) is 0 Å². The fraction of sp³-hybridized carbons (Fsp3) is 0.846. The number of amides is 1. The molecule has 1 aliphatic heterocycles. The highest BCUT2D eigenvalue weighted by Gasteiger charge is 2.55. The molecule has 1 amide bonds. The summed E-state index contributed by atoms with van der Waals surface area (Å²) in [5, 5.41) is 0. The van der Waals surface area contributed by atoms with E-state index in [1.807, 2.05) is 0 Å². The van der Waals surface area contributed by atoms with E-state index in [0.29, 0.717) is 12.5 Å². The Labute approximate surface area is 108 Å². The van der Waals surface area contributed by atoms with Gasteiger partial charge in [0.2, 0.25) is 5.91 Å². The van der Waals surface area contributed by atoms with E-state index in [1.54, 1.807) is 11.9 Å². The van der Waals surface area contributed by atoms with Crippen LogP contribution < -0.4 is 0 Å². The smallest absolute Gasteiger partial charge is 0.326 e. The standard InChI is InChI=1S/C13H23NO4/c1-10(2)6-5-7-14(3)11(15)13(8-18-9-13)12(16)17-4/h10H,5-9H2,1-4H3. The molecule has 1 saturated heterocycles. The molecule has 5 heteroatoms. The van der Waals surface area contributed by atoms with E-state index in [1.165, 1.54) is 7.11 Å². The summed E-state index contributed by atoms with van der Waals surface area (Å²) in [4.78, 5) is 25.6. The first-order chi connectivity index (χ1) is 8.44. The second-order valence-corrected chi connectivity index (χ2v) is 5.33. The van der Waals surface area contributed by atoms with Crippen molar-refractivity contribution in [2.75, 3.05) is 33.9 Å². The number of esters is 1. The molecule has 18 heavy (non-hydrogen) atoms. The van der Waals surface area contributed by atoms with Crippen molar-refractivity contribution >= 4 is 11.9 Å². The minimum absolute atomic E-state index is 0.132. The third-order valence-electron chi connectivity index (χ3n) is 3.30. The summed E-state index contributed by atoms with van der Waals surface area (Å²) in [6, 6.07) is 0. The van der Waals surface area contributed by atoms with Crippen LogP contribution in [0, 0.1) is 11.3 Å². The highest BCUT2D eigenvalue weighted by Crippen LogP contribution is 2.31. The topological polar surface area (TPSA) is 55.8 Å². The summed E-state index contributed by atoms with van der Waals surface area (Å²) >= 11 is 0. The molecule has 1 rings (SSSR count). The molecule has 0 aromatic carbocycles. The molecule has 0 spiro atoms. The zero-order chi connectivity index (χ0) is 13.8. The molecular weight excluding hydrogens is 234 g/mol. The highest BCUT2D eigenvalue weighted by atomic mass is 16.5. The van der Waals surface area contributed by atoms with E-state index in [4.69, 9.17) is 9.47 Å². The number of nitrogens with zero attached hydrogens (tertiary/aromatic N) is 1. The molecule has 5 nitrogen and oxygen atoms in total. The summed E-state index contributed by atoms with van der Waals surface area (Å²) in [5.41, 5.74) is -1.10. The largest absolute Gasteiger partial charge is 0.468 e. The van der Waals surface area contributed by atoms with Crippen molar-refractivity contribution in [1.29, 1.82) is 0 Å². The first kappa shape index (κ1) is 15.0. The quantitative estimate of drug-likeness (QED) is 0.527. The molecule has 0 N–H and O–H groups in total. The molecule has 104 valence electrons. The van der Waals surface area contributed by atoms with E-state index >= 15 is 0 Å². The van der Waals surface area contributed by atoms with Gasteiger partial charge in [-0.1, -0.05) is 13.8 Å². The number of ether oxygens (including phenoxy) is 2. The fourth-order valence-corrected chi connectivity index (χ4v) is 2.03. The Kier molecular flexibility index (Phi) is 5.14. The predicted molar refractivity (Wildman–Crippen MR) is 67.0 cm³/mol. The van der Waals surface area contributed by atoms with Crippen molar-refractivity contribution < 1.29 is 19.1 Å². The number of methoxy groups -OCH3 is 1. The molecular formula is C13H23NO4. The van der Waals surface area contributed by atoms with Gasteiger partial charge >= 0.3 is 5.97 Å². The minimum atomic E-state index is -1.10. The molecule has 0 saturated carbocycles. The van der Waals surface area contributed by atoms with Gasteiger partial charge < -0.3 is 14.4 Å². The van der Waals surface area contributed by atoms with Crippen LogP contribution in [0.1, 0.15) is 26.7 Å². The zero-order valence-corrected chi connectivity index (χ0v) is 11.7. The minimum Gasteiger partial charge on any atom is -0.468 e. The summed E-state index contributed by atoms with van der Waals surface area (Å²) in [7, 11) is 3.03. The van der Waals surface area contributed by atoms with Gasteiger partial charge in [0.05, 0.1) is 20.3 Å². The second kappa shape index (κ2) is 6.18. The Morgan fingerprint density at radius 2 is 2.00 bits per heavy atom. The number of carbonyl (C=O) groups is 2. The molecule has 1 aliphatic rings. The maximum Gasteiger partial charge on any atom is 0.326 e. The van der Waals surface area contributed by atoms with Crippen LogP contribution in [-0.4, -0.2) is 50.7 Å². The van der Waals surface area contributed by atoms with Gasteiger partial charge in [-0.3, -0.25) is 9.59 Å². The van der Waals surface area contributed by atoms with E-state index in [2.05, 4.69) is 13.8 Å². The molecule has 0 aromatic heterocycles. The highest BCUT2D eigenvalue weighted by molar-refractivity contribution is 6.03. The molecule has 0 radical (unpaired) electrons. The van der Waals surface area contributed by atoms with Crippen molar-refractivity contribution in [2.45, 2.75) is 26.7 Å². The maximum atomic E-state index is 12.3. The maximum absolute atomic E-state index is 12.3.